The molecular weight excluding hydrogens is 356 g/mol. The van der Waals surface area contributed by atoms with Crippen LogP contribution in [-0.4, -0.2) is 47.1 Å². The number of thioether (sulfide) groups is 1. The highest BCUT2D eigenvalue weighted by atomic mass is 32.2. The molecule has 0 aliphatic rings. The number of aromatic nitrogens is 5. The predicted molar refractivity (Wildman–Crippen MR) is 90.7 cm³/mol. The van der Waals surface area contributed by atoms with Crippen LogP contribution in [0.15, 0.2) is 47.8 Å². The van der Waals surface area contributed by atoms with Crippen LogP contribution >= 0.6 is 11.8 Å². The number of tetrazole rings is 1. The van der Waals surface area contributed by atoms with E-state index in [2.05, 4.69) is 20.5 Å². The maximum Gasteiger partial charge on any atom is 0.335 e. The Labute approximate surface area is 151 Å². The van der Waals surface area contributed by atoms with E-state index in [-0.39, 0.29) is 11.3 Å². The molecule has 130 valence electrons. The molecule has 0 radical (unpaired) electrons. The van der Waals surface area contributed by atoms with Crippen molar-refractivity contribution in [1.29, 1.82) is 5.26 Å². The number of benzene rings is 1. The highest BCUT2D eigenvalue weighted by Crippen LogP contribution is 2.24. The van der Waals surface area contributed by atoms with Crippen LogP contribution in [0.3, 0.4) is 0 Å². The van der Waals surface area contributed by atoms with Gasteiger partial charge in [-0.3, -0.25) is 4.98 Å². The van der Waals surface area contributed by atoms with Crippen molar-refractivity contribution in [3.8, 4) is 11.8 Å². The van der Waals surface area contributed by atoms with Gasteiger partial charge in [-0.2, -0.15) is 9.94 Å². The number of aromatic carboxylic acids is 1. The number of nitrogens with zero attached hydrogens (tertiary/aromatic N) is 6. The quantitative estimate of drug-likeness (QED) is 0.619. The zero-order valence-electron chi connectivity index (χ0n) is 13.2. The Morgan fingerprint density at radius 1 is 1.27 bits per heavy atom. The molecule has 0 saturated heterocycles. The molecule has 10 heteroatoms. The zero-order valence-corrected chi connectivity index (χ0v) is 14.0. The number of pyridine rings is 1. The molecular formula is C16H12N6O3S. The van der Waals surface area contributed by atoms with E-state index >= 15 is 0 Å². The van der Waals surface area contributed by atoms with Crippen molar-refractivity contribution < 1.29 is 15.0 Å². The van der Waals surface area contributed by atoms with Crippen LogP contribution in [0, 0.1) is 11.3 Å². The monoisotopic (exact) mass is 368 g/mol. The van der Waals surface area contributed by atoms with Crippen LogP contribution in [0.1, 0.15) is 27.7 Å². The Bertz CT molecular complexity index is 949. The highest BCUT2D eigenvalue weighted by molar-refractivity contribution is 7.99. The minimum Gasteiger partial charge on any atom is -0.478 e. The number of rotatable bonds is 6. The topological polar surface area (TPSA) is 138 Å². The third-order valence-electron chi connectivity index (χ3n) is 3.43. The fraction of sp³-hybridized carbons (Fsp3) is 0.125. The van der Waals surface area contributed by atoms with Crippen LogP contribution in [0.4, 0.5) is 0 Å². The van der Waals surface area contributed by atoms with Gasteiger partial charge in [0.2, 0.25) is 5.16 Å². The number of carboxylic acids is 1. The van der Waals surface area contributed by atoms with Crippen molar-refractivity contribution in [2.45, 2.75) is 11.3 Å². The maximum absolute atomic E-state index is 10.9. The lowest BCUT2D eigenvalue weighted by molar-refractivity contribution is 0.0697. The Kier molecular flexibility index (Phi) is 5.21. The number of carboxylic acid groups (broad SMARTS) is 1. The second-order valence-corrected chi connectivity index (χ2v) is 6.12. The van der Waals surface area contributed by atoms with Crippen LogP contribution in [-0.2, 0) is 0 Å². The van der Waals surface area contributed by atoms with Gasteiger partial charge in [0.15, 0.2) is 0 Å². The smallest absolute Gasteiger partial charge is 0.335 e. The van der Waals surface area contributed by atoms with Gasteiger partial charge in [-0.15, -0.1) is 5.10 Å². The fourth-order valence-corrected chi connectivity index (χ4v) is 2.92. The van der Waals surface area contributed by atoms with Crippen molar-refractivity contribution in [1.82, 2.24) is 25.2 Å². The van der Waals surface area contributed by atoms with E-state index in [1.54, 1.807) is 24.3 Å². The van der Waals surface area contributed by atoms with Crippen molar-refractivity contribution >= 4 is 17.7 Å². The molecule has 1 unspecified atom stereocenters. The van der Waals surface area contributed by atoms with E-state index < -0.39 is 12.1 Å². The maximum atomic E-state index is 10.9. The molecule has 0 saturated carbocycles. The Morgan fingerprint density at radius 2 is 2.04 bits per heavy atom. The molecule has 3 rings (SSSR count). The van der Waals surface area contributed by atoms with Gasteiger partial charge < -0.3 is 10.2 Å². The summed E-state index contributed by atoms with van der Waals surface area (Å²) in [6.07, 6.45) is 0.546. The lowest BCUT2D eigenvalue weighted by Crippen LogP contribution is -2.05. The van der Waals surface area contributed by atoms with Gasteiger partial charge in [-0.25, -0.2) is 4.79 Å². The molecule has 26 heavy (non-hydrogen) atoms. The number of aliphatic hydroxyl groups is 1. The van der Waals surface area contributed by atoms with Crippen molar-refractivity contribution in [3.05, 3.63) is 59.4 Å². The van der Waals surface area contributed by atoms with Gasteiger partial charge in [-0.05, 0) is 46.8 Å². The normalized spacial score (nSPS) is 11.7. The Hall–Kier alpha value is -3.29. The van der Waals surface area contributed by atoms with E-state index in [4.69, 9.17) is 10.4 Å². The number of nitriles is 1. The Balaban J connectivity index is 1.70. The lowest BCUT2D eigenvalue weighted by Gasteiger charge is -2.09. The first kappa shape index (κ1) is 17.5. The first-order valence-corrected chi connectivity index (χ1v) is 8.36. The van der Waals surface area contributed by atoms with Crippen LogP contribution in [0.25, 0.3) is 5.69 Å². The van der Waals surface area contributed by atoms with Crippen molar-refractivity contribution in [3.63, 3.8) is 0 Å². The van der Waals surface area contributed by atoms with E-state index in [1.165, 1.54) is 34.8 Å². The van der Waals surface area contributed by atoms with E-state index in [0.717, 1.165) is 0 Å². The van der Waals surface area contributed by atoms with Gasteiger partial charge >= 0.3 is 5.97 Å². The molecule has 2 heterocycles. The number of hydrogen-bond donors (Lipinski definition) is 2. The largest absolute Gasteiger partial charge is 0.478 e. The summed E-state index contributed by atoms with van der Waals surface area (Å²) in [5.41, 5.74) is 1.63. The minimum atomic E-state index is -1.01. The first-order chi connectivity index (χ1) is 12.6. The molecule has 0 aliphatic carbocycles. The standard InChI is InChI=1S/C16H12N6O3S/c17-7-10-1-6-13(18-8-10)14(23)9-26-16-19-20-21-22(16)12-4-2-11(3-5-12)15(24)25/h1-6,8,14,23H,9H2,(H,24,25). The van der Waals surface area contributed by atoms with Gasteiger partial charge in [0.25, 0.3) is 0 Å². The molecule has 0 spiro atoms. The van der Waals surface area contributed by atoms with Crippen molar-refractivity contribution in [2.24, 2.45) is 0 Å². The molecule has 0 fully saturated rings. The SMILES string of the molecule is N#Cc1ccc(C(O)CSc2nnnn2-c2ccc(C(=O)O)cc2)nc1. The highest BCUT2D eigenvalue weighted by Gasteiger charge is 2.15. The van der Waals surface area contributed by atoms with Gasteiger partial charge in [0.1, 0.15) is 12.2 Å². The third-order valence-corrected chi connectivity index (χ3v) is 4.42. The van der Waals surface area contributed by atoms with Crippen LogP contribution < -0.4 is 0 Å². The number of carbonyl (C=O) groups is 1. The molecule has 3 aromatic rings. The summed E-state index contributed by atoms with van der Waals surface area (Å²) in [5.74, 6) is -0.757. The van der Waals surface area contributed by atoms with Crippen LogP contribution in [0.2, 0.25) is 0 Å². The van der Waals surface area contributed by atoms with Gasteiger partial charge in [0, 0.05) is 11.9 Å². The summed E-state index contributed by atoms with van der Waals surface area (Å²) in [7, 11) is 0. The van der Waals surface area contributed by atoms with E-state index in [1.807, 2.05) is 6.07 Å². The van der Waals surface area contributed by atoms with Crippen molar-refractivity contribution in [2.75, 3.05) is 5.75 Å². The summed E-state index contributed by atoms with van der Waals surface area (Å²) in [6.45, 7) is 0. The molecule has 0 amide bonds. The first-order valence-electron chi connectivity index (χ1n) is 7.37. The molecule has 2 aromatic heterocycles. The zero-order chi connectivity index (χ0) is 18.5. The summed E-state index contributed by atoms with van der Waals surface area (Å²) < 4.78 is 1.45. The minimum absolute atomic E-state index is 0.165. The molecule has 1 atom stereocenters. The second kappa shape index (κ2) is 7.73. The summed E-state index contributed by atoms with van der Waals surface area (Å²) in [4.78, 5) is 15.0. The average molecular weight is 368 g/mol. The average Bonchev–Trinajstić information content (AvgIpc) is 3.15. The predicted octanol–water partition coefficient (Wildman–Crippen LogP) is 1.45. The second-order valence-electron chi connectivity index (χ2n) is 5.14. The number of aliphatic hydroxyl groups excluding tert-OH is 1. The summed E-state index contributed by atoms with van der Waals surface area (Å²) in [6, 6.07) is 11.3. The van der Waals surface area contributed by atoms with Gasteiger partial charge in [0.05, 0.1) is 22.5 Å². The lowest BCUT2D eigenvalue weighted by atomic mass is 10.2. The molecule has 1 aromatic carbocycles. The van der Waals surface area contributed by atoms with Crippen LogP contribution in [0.5, 0.6) is 0 Å². The molecule has 0 aliphatic heterocycles. The summed E-state index contributed by atoms with van der Waals surface area (Å²) in [5, 5.41) is 39.8. The molecule has 2 N–H and O–H groups in total. The fourth-order valence-electron chi connectivity index (χ4n) is 2.08. The third kappa shape index (κ3) is 3.85. The molecule has 9 nitrogen and oxygen atoms in total. The number of hydrogen-bond acceptors (Lipinski definition) is 8. The van der Waals surface area contributed by atoms with E-state index in [9.17, 15) is 9.90 Å². The van der Waals surface area contributed by atoms with Gasteiger partial charge in [-0.1, -0.05) is 11.8 Å². The van der Waals surface area contributed by atoms with E-state index in [0.29, 0.717) is 22.1 Å². The Morgan fingerprint density at radius 3 is 2.65 bits per heavy atom. The molecule has 0 bridgehead atoms. The summed E-state index contributed by atoms with van der Waals surface area (Å²) >= 11 is 1.23.